The molecule has 1 aliphatic carbocycles. The number of hydrogen-bond acceptors (Lipinski definition) is 3. The van der Waals surface area contributed by atoms with Crippen molar-refractivity contribution in [2.24, 2.45) is 5.73 Å². The third-order valence-corrected chi connectivity index (χ3v) is 3.94. The first kappa shape index (κ1) is 15.1. The van der Waals surface area contributed by atoms with Crippen molar-refractivity contribution >= 4 is 11.8 Å². The Kier molecular flexibility index (Phi) is 4.28. The van der Waals surface area contributed by atoms with Crippen molar-refractivity contribution in [3.63, 3.8) is 0 Å². The fourth-order valence-electron chi connectivity index (χ4n) is 2.87. The minimum absolute atomic E-state index is 0.00268. The Balaban J connectivity index is 1.76. The van der Waals surface area contributed by atoms with E-state index in [1.807, 2.05) is 18.2 Å². The number of rotatable bonds is 5. The number of para-hydroxylation sites is 1. The number of hydrogen-bond donors (Lipinski definition) is 2. The molecule has 1 atom stereocenters. The van der Waals surface area contributed by atoms with Gasteiger partial charge in [-0.3, -0.25) is 9.59 Å². The van der Waals surface area contributed by atoms with Crippen LogP contribution >= 0.6 is 0 Å². The number of nitrogens with one attached hydrogen (secondary N) is 1. The Hall–Kier alpha value is -2.82. The van der Waals surface area contributed by atoms with Crippen LogP contribution in [0.2, 0.25) is 0 Å². The lowest BCUT2D eigenvalue weighted by Gasteiger charge is -2.16. The molecule has 0 spiro atoms. The van der Waals surface area contributed by atoms with Gasteiger partial charge in [0.1, 0.15) is 5.75 Å². The quantitative estimate of drug-likeness (QED) is 0.886. The minimum atomic E-state index is -0.579. The SMILES string of the molecule is NC(=O)COc1ccccc1C(=O)NC1CCc2ccccc21. The highest BCUT2D eigenvalue weighted by molar-refractivity contribution is 5.97. The molecule has 0 saturated heterocycles. The fraction of sp³-hybridized carbons (Fsp3) is 0.222. The Bertz CT molecular complexity index is 743. The van der Waals surface area contributed by atoms with Crippen LogP contribution < -0.4 is 15.8 Å². The Morgan fingerprint density at radius 2 is 1.87 bits per heavy atom. The number of nitrogens with two attached hydrogens (primary N) is 1. The molecular formula is C18H18N2O3. The van der Waals surface area contributed by atoms with E-state index in [2.05, 4.69) is 11.4 Å². The average Bonchev–Trinajstić information content (AvgIpc) is 2.96. The molecule has 2 amide bonds. The van der Waals surface area contributed by atoms with Gasteiger partial charge in [-0.05, 0) is 36.1 Å². The van der Waals surface area contributed by atoms with Gasteiger partial charge < -0.3 is 15.8 Å². The molecule has 118 valence electrons. The summed E-state index contributed by atoms with van der Waals surface area (Å²) < 4.78 is 5.32. The van der Waals surface area contributed by atoms with E-state index >= 15 is 0 Å². The van der Waals surface area contributed by atoms with Crippen molar-refractivity contribution in [3.8, 4) is 5.75 Å². The number of fused-ring (bicyclic) bond motifs is 1. The lowest BCUT2D eigenvalue weighted by atomic mass is 10.1. The Morgan fingerprint density at radius 3 is 2.70 bits per heavy atom. The van der Waals surface area contributed by atoms with Gasteiger partial charge in [-0.1, -0.05) is 36.4 Å². The molecular weight excluding hydrogens is 292 g/mol. The monoisotopic (exact) mass is 310 g/mol. The molecule has 0 aromatic heterocycles. The van der Waals surface area contributed by atoms with Gasteiger partial charge >= 0.3 is 0 Å². The van der Waals surface area contributed by atoms with E-state index in [1.165, 1.54) is 5.56 Å². The molecule has 5 heteroatoms. The molecule has 0 fully saturated rings. The summed E-state index contributed by atoms with van der Waals surface area (Å²) >= 11 is 0. The Labute approximate surface area is 134 Å². The summed E-state index contributed by atoms with van der Waals surface area (Å²) in [7, 11) is 0. The highest BCUT2D eigenvalue weighted by Gasteiger charge is 2.24. The smallest absolute Gasteiger partial charge is 0.255 e. The van der Waals surface area contributed by atoms with Gasteiger partial charge in [0.2, 0.25) is 0 Å². The van der Waals surface area contributed by atoms with Crippen LogP contribution in [0.4, 0.5) is 0 Å². The van der Waals surface area contributed by atoms with Crippen LogP contribution in [0.3, 0.4) is 0 Å². The van der Waals surface area contributed by atoms with Crippen LogP contribution in [0.5, 0.6) is 5.75 Å². The molecule has 1 aliphatic rings. The first-order valence-corrected chi connectivity index (χ1v) is 7.54. The second kappa shape index (κ2) is 6.52. The number of amides is 2. The maximum Gasteiger partial charge on any atom is 0.255 e. The number of aryl methyl sites for hydroxylation is 1. The predicted molar refractivity (Wildman–Crippen MR) is 86.1 cm³/mol. The first-order valence-electron chi connectivity index (χ1n) is 7.54. The highest BCUT2D eigenvalue weighted by atomic mass is 16.5. The molecule has 1 unspecified atom stereocenters. The molecule has 5 nitrogen and oxygen atoms in total. The standard InChI is InChI=1S/C18H18N2O3/c19-17(21)11-23-16-8-4-3-7-14(16)18(22)20-15-10-9-12-5-1-2-6-13(12)15/h1-8,15H,9-11H2,(H2,19,21)(H,20,22). The average molecular weight is 310 g/mol. The molecule has 0 radical (unpaired) electrons. The van der Waals surface area contributed by atoms with Gasteiger partial charge in [0, 0.05) is 0 Å². The molecule has 0 bridgehead atoms. The summed E-state index contributed by atoms with van der Waals surface area (Å²) in [6.07, 6.45) is 1.84. The van der Waals surface area contributed by atoms with Crippen molar-refractivity contribution in [1.82, 2.24) is 5.32 Å². The molecule has 2 aromatic rings. The van der Waals surface area contributed by atoms with E-state index in [0.717, 1.165) is 18.4 Å². The third-order valence-electron chi connectivity index (χ3n) is 3.94. The fourth-order valence-corrected chi connectivity index (χ4v) is 2.87. The second-order valence-corrected chi connectivity index (χ2v) is 5.51. The number of carbonyl (C=O) groups excluding carboxylic acids is 2. The number of primary amides is 1. The maximum absolute atomic E-state index is 12.6. The molecule has 23 heavy (non-hydrogen) atoms. The van der Waals surface area contributed by atoms with Gasteiger partial charge in [0.05, 0.1) is 11.6 Å². The lowest BCUT2D eigenvalue weighted by molar-refractivity contribution is -0.119. The molecule has 0 saturated carbocycles. The molecule has 0 aliphatic heterocycles. The van der Waals surface area contributed by atoms with Crippen LogP contribution in [0.15, 0.2) is 48.5 Å². The van der Waals surface area contributed by atoms with Crippen LogP contribution in [0.25, 0.3) is 0 Å². The van der Waals surface area contributed by atoms with Gasteiger partial charge in [-0.15, -0.1) is 0 Å². The summed E-state index contributed by atoms with van der Waals surface area (Å²) in [6.45, 7) is -0.253. The van der Waals surface area contributed by atoms with E-state index in [1.54, 1.807) is 24.3 Å². The van der Waals surface area contributed by atoms with Crippen LogP contribution in [0, 0.1) is 0 Å². The summed E-state index contributed by atoms with van der Waals surface area (Å²) in [5.41, 5.74) is 7.93. The second-order valence-electron chi connectivity index (χ2n) is 5.51. The summed E-state index contributed by atoms with van der Waals surface area (Å²) in [5.74, 6) is -0.438. The zero-order valence-electron chi connectivity index (χ0n) is 12.6. The van der Waals surface area contributed by atoms with Crippen molar-refractivity contribution in [2.75, 3.05) is 6.61 Å². The number of benzene rings is 2. The van der Waals surface area contributed by atoms with Crippen molar-refractivity contribution in [3.05, 3.63) is 65.2 Å². The van der Waals surface area contributed by atoms with Crippen molar-refractivity contribution < 1.29 is 14.3 Å². The van der Waals surface area contributed by atoms with Crippen LogP contribution in [0.1, 0.15) is 33.9 Å². The topological polar surface area (TPSA) is 81.4 Å². The molecule has 3 N–H and O–H groups in total. The molecule has 3 rings (SSSR count). The van der Waals surface area contributed by atoms with E-state index in [9.17, 15) is 9.59 Å². The first-order chi connectivity index (χ1) is 11.1. The zero-order valence-corrected chi connectivity index (χ0v) is 12.6. The predicted octanol–water partition coefficient (Wildman–Crippen LogP) is 1.97. The van der Waals surface area contributed by atoms with Crippen LogP contribution in [-0.2, 0) is 11.2 Å². The normalized spacial score (nSPS) is 15.7. The van der Waals surface area contributed by atoms with Crippen LogP contribution in [-0.4, -0.2) is 18.4 Å². The molecule has 2 aromatic carbocycles. The third kappa shape index (κ3) is 3.34. The minimum Gasteiger partial charge on any atom is -0.483 e. The van der Waals surface area contributed by atoms with Crippen molar-refractivity contribution in [2.45, 2.75) is 18.9 Å². The zero-order chi connectivity index (χ0) is 16.2. The van der Waals surface area contributed by atoms with E-state index in [0.29, 0.717) is 11.3 Å². The van der Waals surface area contributed by atoms with E-state index in [-0.39, 0.29) is 18.6 Å². The number of ether oxygens (including phenoxy) is 1. The van der Waals surface area contributed by atoms with E-state index < -0.39 is 5.91 Å². The van der Waals surface area contributed by atoms with Gasteiger partial charge in [-0.25, -0.2) is 0 Å². The van der Waals surface area contributed by atoms with Crippen molar-refractivity contribution in [1.29, 1.82) is 0 Å². The largest absolute Gasteiger partial charge is 0.483 e. The number of carbonyl (C=O) groups is 2. The van der Waals surface area contributed by atoms with Gasteiger partial charge in [-0.2, -0.15) is 0 Å². The summed E-state index contributed by atoms with van der Waals surface area (Å²) in [5, 5.41) is 3.04. The van der Waals surface area contributed by atoms with Gasteiger partial charge in [0.25, 0.3) is 11.8 Å². The molecule has 0 heterocycles. The van der Waals surface area contributed by atoms with Gasteiger partial charge in [0.15, 0.2) is 6.61 Å². The van der Waals surface area contributed by atoms with E-state index in [4.69, 9.17) is 10.5 Å². The summed E-state index contributed by atoms with van der Waals surface area (Å²) in [4.78, 5) is 23.4. The highest BCUT2D eigenvalue weighted by Crippen LogP contribution is 2.31. The Morgan fingerprint density at radius 1 is 1.13 bits per heavy atom. The lowest BCUT2D eigenvalue weighted by Crippen LogP contribution is -2.28. The maximum atomic E-state index is 12.6. The summed E-state index contributed by atoms with van der Waals surface area (Å²) in [6, 6.07) is 15.0.